The molecule has 2 N–H and O–H groups in total. The lowest BCUT2D eigenvalue weighted by atomic mass is 10.1. The van der Waals surface area contributed by atoms with Crippen LogP contribution in [0.3, 0.4) is 0 Å². The van der Waals surface area contributed by atoms with Crippen molar-refractivity contribution in [2.24, 2.45) is 0 Å². The molecule has 3 unspecified atom stereocenters. The predicted octanol–water partition coefficient (Wildman–Crippen LogP) is 2.94. The van der Waals surface area contributed by atoms with Crippen molar-refractivity contribution >= 4 is 11.9 Å². The lowest BCUT2D eigenvalue weighted by Gasteiger charge is -2.33. The molecule has 0 aromatic heterocycles. The molecule has 2 aliphatic rings. The first kappa shape index (κ1) is 25.0. The number of aliphatic hydroxyl groups excluding tert-OH is 1. The molecule has 2 fully saturated rings. The maximum absolute atomic E-state index is 13.5. The lowest BCUT2D eigenvalue weighted by molar-refractivity contribution is -0.139. The molecule has 0 aliphatic carbocycles. The van der Waals surface area contributed by atoms with Crippen molar-refractivity contribution in [3.8, 4) is 5.75 Å². The second-order valence-corrected chi connectivity index (χ2v) is 9.17. The van der Waals surface area contributed by atoms with Gasteiger partial charge in [-0.05, 0) is 48.9 Å². The molecule has 2 heterocycles. The molecule has 2 saturated heterocycles. The predicted molar refractivity (Wildman–Crippen MR) is 132 cm³/mol. The average Bonchev–Trinajstić information content (AvgIpc) is 3.58. The van der Waals surface area contributed by atoms with Gasteiger partial charge in [0.15, 0.2) is 0 Å². The van der Waals surface area contributed by atoms with Crippen molar-refractivity contribution < 1.29 is 24.2 Å². The Hall–Kier alpha value is -3.10. The number of carbonyl (C=O) groups is 2. The first-order chi connectivity index (χ1) is 17.1. The topological polar surface area (TPSA) is 91.3 Å². The van der Waals surface area contributed by atoms with Crippen LogP contribution in [0.1, 0.15) is 36.8 Å². The molecule has 0 saturated carbocycles. The van der Waals surface area contributed by atoms with Crippen molar-refractivity contribution in [2.45, 2.75) is 57.0 Å². The molecule has 0 spiro atoms. The normalized spacial score (nSPS) is 20.6. The fraction of sp³-hybridized carbons (Fsp3) is 0.481. The number of aliphatic hydroxyl groups is 1. The van der Waals surface area contributed by atoms with Gasteiger partial charge in [0, 0.05) is 19.6 Å². The van der Waals surface area contributed by atoms with Crippen LogP contribution in [0.2, 0.25) is 0 Å². The minimum atomic E-state index is -0.760. The number of nitrogens with zero attached hydrogens (tertiary/aromatic N) is 2. The SMILES string of the molecule is COc1ccc(CNC(=O)N2CCCC2C(=O)N2CCCC2C(O)COCc2ccccc2)cc1. The first-order valence-corrected chi connectivity index (χ1v) is 12.3. The molecule has 2 aromatic rings. The highest BCUT2D eigenvalue weighted by Crippen LogP contribution is 2.27. The van der Waals surface area contributed by atoms with Crippen molar-refractivity contribution in [3.05, 3.63) is 65.7 Å². The lowest BCUT2D eigenvalue weighted by Crippen LogP contribution is -2.54. The molecule has 2 aliphatic heterocycles. The van der Waals surface area contributed by atoms with E-state index in [1.807, 2.05) is 54.6 Å². The number of benzene rings is 2. The third-order valence-corrected chi connectivity index (χ3v) is 6.83. The van der Waals surface area contributed by atoms with E-state index in [0.717, 1.165) is 36.1 Å². The Labute approximate surface area is 206 Å². The Balaban J connectivity index is 1.30. The van der Waals surface area contributed by atoms with Crippen molar-refractivity contribution in [1.82, 2.24) is 15.1 Å². The number of nitrogens with one attached hydrogen (secondary N) is 1. The number of carbonyl (C=O) groups excluding carboxylic acids is 2. The van der Waals surface area contributed by atoms with Gasteiger partial charge in [0.1, 0.15) is 11.8 Å². The molecule has 0 bridgehead atoms. The summed E-state index contributed by atoms with van der Waals surface area (Å²) in [6.07, 6.45) is 2.23. The van der Waals surface area contributed by atoms with Crippen molar-refractivity contribution in [1.29, 1.82) is 0 Å². The summed E-state index contributed by atoms with van der Waals surface area (Å²) in [6.45, 7) is 2.11. The molecule has 35 heavy (non-hydrogen) atoms. The minimum Gasteiger partial charge on any atom is -0.497 e. The fourth-order valence-corrected chi connectivity index (χ4v) is 4.93. The van der Waals surface area contributed by atoms with Crippen LogP contribution in [-0.2, 0) is 22.7 Å². The van der Waals surface area contributed by atoms with E-state index in [9.17, 15) is 14.7 Å². The van der Waals surface area contributed by atoms with Gasteiger partial charge in [-0.1, -0.05) is 42.5 Å². The number of urea groups is 1. The van der Waals surface area contributed by atoms with Crippen molar-refractivity contribution in [3.63, 3.8) is 0 Å². The van der Waals surface area contributed by atoms with Crippen LogP contribution in [0.15, 0.2) is 54.6 Å². The monoisotopic (exact) mass is 481 g/mol. The maximum atomic E-state index is 13.5. The Morgan fingerprint density at radius 3 is 2.46 bits per heavy atom. The van der Waals surface area contributed by atoms with Gasteiger partial charge < -0.3 is 29.7 Å². The molecule has 0 radical (unpaired) electrons. The largest absolute Gasteiger partial charge is 0.497 e. The first-order valence-electron chi connectivity index (χ1n) is 12.3. The highest BCUT2D eigenvalue weighted by atomic mass is 16.5. The van der Waals surface area contributed by atoms with E-state index in [1.165, 1.54) is 0 Å². The highest BCUT2D eigenvalue weighted by molar-refractivity contribution is 5.88. The van der Waals surface area contributed by atoms with Crippen LogP contribution < -0.4 is 10.1 Å². The van der Waals surface area contributed by atoms with Crippen LogP contribution in [0.4, 0.5) is 4.79 Å². The van der Waals surface area contributed by atoms with Crippen LogP contribution in [0.25, 0.3) is 0 Å². The van der Waals surface area contributed by atoms with E-state index >= 15 is 0 Å². The van der Waals surface area contributed by atoms with Gasteiger partial charge in [0.25, 0.3) is 0 Å². The minimum absolute atomic E-state index is 0.0771. The van der Waals surface area contributed by atoms with E-state index in [2.05, 4.69) is 5.32 Å². The highest BCUT2D eigenvalue weighted by Gasteiger charge is 2.41. The molecular formula is C27H35N3O5. The van der Waals surface area contributed by atoms with E-state index in [4.69, 9.17) is 9.47 Å². The summed E-state index contributed by atoms with van der Waals surface area (Å²) in [6, 6.07) is 16.3. The van der Waals surface area contributed by atoms with Crippen LogP contribution >= 0.6 is 0 Å². The summed E-state index contributed by atoms with van der Waals surface area (Å²) in [5.74, 6) is 0.685. The van der Waals surface area contributed by atoms with Crippen LogP contribution in [-0.4, -0.2) is 71.8 Å². The van der Waals surface area contributed by atoms with Gasteiger partial charge >= 0.3 is 6.03 Å². The molecule has 4 rings (SSSR count). The van der Waals surface area contributed by atoms with Gasteiger partial charge in [-0.3, -0.25) is 4.79 Å². The molecule has 8 heteroatoms. The van der Waals surface area contributed by atoms with E-state index < -0.39 is 12.1 Å². The van der Waals surface area contributed by atoms with Crippen LogP contribution in [0, 0.1) is 0 Å². The summed E-state index contributed by atoms with van der Waals surface area (Å²) in [7, 11) is 1.61. The zero-order valence-electron chi connectivity index (χ0n) is 20.3. The summed E-state index contributed by atoms with van der Waals surface area (Å²) in [4.78, 5) is 29.8. The Morgan fingerprint density at radius 1 is 1.00 bits per heavy atom. The number of hydrogen-bond donors (Lipinski definition) is 2. The van der Waals surface area contributed by atoms with Crippen LogP contribution in [0.5, 0.6) is 5.75 Å². The standard InChI is InChI=1S/C27H35N3O5/c1-34-22-13-11-20(12-14-22)17-28-27(33)30-16-6-10-24(30)26(32)29-15-5-9-23(29)25(31)19-35-18-21-7-3-2-4-8-21/h2-4,7-8,11-14,23-25,31H,5-6,9-10,15-19H2,1H3,(H,28,33). The zero-order valence-corrected chi connectivity index (χ0v) is 20.3. The maximum Gasteiger partial charge on any atom is 0.318 e. The molecule has 3 amide bonds. The summed E-state index contributed by atoms with van der Waals surface area (Å²) < 4.78 is 10.9. The van der Waals surface area contributed by atoms with Gasteiger partial charge in [-0.15, -0.1) is 0 Å². The molecule has 3 atom stereocenters. The van der Waals surface area contributed by atoms with Gasteiger partial charge in [-0.2, -0.15) is 0 Å². The summed E-state index contributed by atoms with van der Waals surface area (Å²) in [5.41, 5.74) is 2.00. The van der Waals surface area contributed by atoms with Crippen molar-refractivity contribution in [2.75, 3.05) is 26.8 Å². The Kier molecular flexibility index (Phi) is 8.60. The van der Waals surface area contributed by atoms with Gasteiger partial charge in [0.2, 0.25) is 5.91 Å². The number of methoxy groups -OCH3 is 1. The quantitative estimate of drug-likeness (QED) is 0.575. The Morgan fingerprint density at radius 2 is 1.71 bits per heavy atom. The molecule has 8 nitrogen and oxygen atoms in total. The number of likely N-dealkylation sites (tertiary alicyclic amines) is 2. The second kappa shape index (κ2) is 12.0. The third-order valence-electron chi connectivity index (χ3n) is 6.83. The van der Waals surface area contributed by atoms with E-state index in [1.54, 1.807) is 16.9 Å². The number of hydrogen-bond acceptors (Lipinski definition) is 5. The van der Waals surface area contributed by atoms with Gasteiger partial charge in [-0.25, -0.2) is 4.79 Å². The average molecular weight is 482 g/mol. The second-order valence-electron chi connectivity index (χ2n) is 9.17. The molecule has 188 valence electrons. The zero-order chi connectivity index (χ0) is 24.6. The number of ether oxygens (including phenoxy) is 2. The molecule has 2 aromatic carbocycles. The summed E-state index contributed by atoms with van der Waals surface area (Å²) in [5, 5.41) is 13.7. The molecular weight excluding hydrogens is 446 g/mol. The number of rotatable bonds is 9. The third kappa shape index (κ3) is 6.32. The smallest absolute Gasteiger partial charge is 0.318 e. The van der Waals surface area contributed by atoms with E-state index in [-0.39, 0.29) is 24.6 Å². The fourth-order valence-electron chi connectivity index (χ4n) is 4.93. The Bertz CT molecular complexity index is 969. The van der Waals surface area contributed by atoms with E-state index in [0.29, 0.717) is 32.7 Å². The number of amides is 3. The summed E-state index contributed by atoms with van der Waals surface area (Å²) >= 11 is 0. The van der Waals surface area contributed by atoms with Gasteiger partial charge in [0.05, 0.1) is 32.5 Å².